The average Bonchev–Trinajstić information content (AvgIpc) is 3.75. The number of aromatic nitrogens is 6. The molecule has 0 saturated carbocycles. The molecule has 1 N–H and O–H groups in total. The van der Waals surface area contributed by atoms with E-state index in [1.807, 2.05) is 41.2 Å². The molecule has 2 bridgehead atoms. The second-order valence-electron chi connectivity index (χ2n) is 10.3. The highest BCUT2D eigenvalue weighted by Gasteiger charge is 2.41. The molecule has 6 aromatic rings. The Kier molecular flexibility index (Phi) is 4.66. The van der Waals surface area contributed by atoms with E-state index < -0.39 is 0 Å². The van der Waals surface area contributed by atoms with Gasteiger partial charge in [-0.1, -0.05) is 24.3 Å². The smallest absolute Gasteiger partial charge is 0.164 e. The Morgan fingerprint density at radius 3 is 2.63 bits per heavy atom. The van der Waals surface area contributed by atoms with Crippen LogP contribution in [0.1, 0.15) is 6.42 Å². The Hall–Kier alpha value is -4.56. The topological polar surface area (TPSA) is 78.2 Å². The Balaban J connectivity index is 1.33. The standard InChI is InChI=1S/C30H26N8/c1-36-17-23-15-22(36)18-37(23)21-5-2-4-20(14-21)27-10-13-32-30-28(24-6-3-7-26-25(24)16-33-34-26)29(35-38(27)30)19-8-11-31-12-9-19/h2-14,16,22-23H,15,17-18H2,1H3,(H,33,34). The van der Waals surface area contributed by atoms with Crippen LogP contribution in [0.5, 0.6) is 0 Å². The quantitative estimate of drug-likeness (QED) is 0.373. The number of fused-ring (bicyclic) bond motifs is 4. The van der Waals surface area contributed by atoms with Gasteiger partial charge in [0.1, 0.15) is 5.69 Å². The maximum absolute atomic E-state index is 5.18. The lowest BCUT2D eigenvalue weighted by molar-refractivity contribution is 0.292. The molecule has 2 atom stereocenters. The van der Waals surface area contributed by atoms with E-state index in [1.165, 1.54) is 12.1 Å². The fourth-order valence-electron chi connectivity index (χ4n) is 6.34. The van der Waals surface area contributed by atoms with E-state index in [0.29, 0.717) is 12.1 Å². The zero-order valence-electron chi connectivity index (χ0n) is 21.0. The van der Waals surface area contributed by atoms with E-state index >= 15 is 0 Å². The molecule has 4 aromatic heterocycles. The van der Waals surface area contributed by atoms with Gasteiger partial charge in [-0.3, -0.25) is 15.0 Å². The second kappa shape index (κ2) is 8.22. The number of hydrogen-bond acceptors (Lipinski definition) is 6. The van der Waals surface area contributed by atoms with Crippen LogP contribution in [0.15, 0.2) is 85.5 Å². The highest BCUT2D eigenvalue weighted by atomic mass is 15.3. The highest BCUT2D eigenvalue weighted by Crippen LogP contribution is 2.40. The summed E-state index contributed by atoms with van der Waals surface area (Å²) in [6.45, 7) is 2.22. The van der Waals surface area contributed by atoms with E-state index in [9.17, 15) is 0 Å². The number of anilines is 1. The number of nitrogens with zero attached hydrogens (tertiary/aromatic N) is 7. The zero-order chi connectivity index (χ0) is 25.2. The summed E-state index contributed by atoms with van der Waals surface area (Å²) >= 11 is 0. The molecule has 0 aliphatic carbocycles. The normalized spacial score (nSPS) is 19.2. The largest absolute Gasteiger partial charge is 0.366 e. The van der Waals surface area contributed by atoms with Crippen molar-refractivity contribution in [2.24, 2.45) is 0 Å². The SMILES string of the molecule is CN1CC2CC1CN2c1cccc(-c2ccnc3c(-c4cccc5[nH]ncc45)c(-c4ccncc4)nn23)c1. The summed E-state index contributed by atoms with van der Waals surface area (Å²) in [6, 6.07) is 22.4. The average molecular weight is 499 g/mol. The molecule has 2 aromatic carbocycles. The molecule has 0 amide bonds. The summed E-state index contributed by atoms with van der Waals surface area (Å²) in [5.74, 6) is 0. The predicted octanol–water partition coefficient (Wildman–Crippen LogP) is 4.89. The van der Waals surface area contributed by atoms with Gasteiger partial charge in [0.2, 0.25) is 0 Å². The van der Waals surface area contributed by atoms with Gasteiger partial charge in [0.15, 0.2) is 5.65 Å². The Bertz CT molecular complexity index is 1800. The van der Waals surface area contributed by atoms with Gasteiger partial charge in [-0.25, -0.2) is 9.50 Å². The van der Waals surface area contributed by atoms with Crippen molar-refractivity contribution in [1.82, 2.24) is 34.7 Å². The van der Waals surface area contributed by atoms with E-state index in [-0.39, 0.29) is 0 Å². The van der Waals surface area contributed by atoms with Crippen molar-refractivity contribution in [1.29, 1.82) is 0 Å². The summed E-state index contributed by atoms with van der Waals surface area (Å²) in [5.41, 5.74) is 9.12. The van der Waals surface area contributed by atoms with Crippen LogP contribution < -0.4 is 4.90 Å². The first kappa shape index (κ1) is 21.5. The Morgan fingerprint density at radius 2 is 1.79 bits per heavy atom. The van der Waals surface area contributed by atoms with E-state index in [0.717, 1.165) is 63.3 Å². The third kappa shape index (κ3) is 3.20. The Labute approximate surface area is 219 Å². The fourth-order valence-corrected chi connectivity index (χ4v) is 6.34. The van der Waals surface area contributed by atoms with Gasteiger partial charge in [-0.15, -0.1) is 0 Å². The van der Waals surface area contributed by atoms with Crippen molar-refractivity contribution < 1.29 is 0 Å². The van der Waals surface area contributed by atoms with Gasteiger partial charge in [0, 0.05) is 66.0 Å². The first-order valence-electron chi connectivity index (χ1n) is 13.0. The number of aromatic amines is 1. The summed E-state index contributed by atoms with van der Waals surface area (Å²) < 4.78 is 1.99. The number of H-pyrrole nitrogens is 1. The number of pyridine rings is 1. The zero-order valence-corrected chi connectivity index (χ0v) is 21.0. The van der Waals surface area contributed by atoms with Gasteiger partial charge in [-0.05, 0) is 55.4 Å². The molecule has 8 nitrogen and oxygen atoms in total. The maximum Gasteiger partial charge on any atom is 0.164 e. The summed E-state index contributed by atoms with van der Waals surface area (Å²) in [5, 5.41) is 13.6. The van der Waals surface area contributed by atoms with Crippen LogP contribution in [0.2, 0.25) is 0 Å². The molecule has 0 radical (unpaired) electrons. The minimum Gasteiger partial charge on any atom is -0.366 e. The highest BCUT2D eigenvalue weighted by molar-refractivity contribution is 6.02. The van der Waals surface area contributed by atoms with E-state index in [2.05, 4.69) is 68.4 Å². The van der Waals surface area contributed by atoms with Crippen molar-refractivity contribution in [3.05, 3.63) is 85.5 Å². The van der Waals surface area contributed by atoms with Crippen LogP contribution in [0.3, 0.4) is 0 Å². The summed E-state index contributed by atoms with van der Waals surface area (Å²) in [6.07, 6.45) is 8.62. The number of rotatable bonds is 4. The summed E-state index contributed by atoms with van der Waals surface area (Å²) in [7, 11) is 2.24. The molecule has 0 spiro atoms. The molecule has 2 aliphatic rings. The van der Waals surface area contributed by atoms with Crippen molar-refractivity contribution >= 4 is 22.2 Å². The van der Waals surface area contributed by atoms with E-state index in [1.54, 1.807) is 12.4 Å². The number of hydrogen-bond donors (Lipinski definition) is 1. The van der Waals surface area contributed by atoms with Crippen molar-refractivity contribution in [3.63, 3.8) is 0 Å². The lowest BCUT2D eigenvalue weighted by atomic mass is 9.99. The number of piperazine rings is 1. The number of likely N-dealkylation sites (N-methyl/N-ethyl adjacent to an activating group) is 1. The van der Waals surface area contributed by atoms with Crippen molar-refractivity contribution in [2.45, 2.75) is 18.5 Å². The molecule has 8 rings (SSSR count). The van der Waals surface area contributed by atoms with Gasteiger partial charge in [-0.2, -0.15) is 10.2 Å². The molecule has 186 valence electrons. The third-order valence-corrected chi connectivity index (χ3v) is 8.21. The van der Waals surface area contributed by atoms with Gasteiger partial charge in [0.25, 0.3) is 0 Å². The molecular weight excluding hydrogens is 472 g/mol. The lowest BCUT2D eigenvalue weighted by Crippen LogP contribution is -2.44. The van der Waals surface area contributed by atoms with Crippen LogP contribution in [-0.2, 0) is 0 Å². The maximum atomic E-state index is 5.18. The van der Waals surface area contributed by atoms with Crippen LogP contribution in [0.4, 0.5) is 5.69 Å². The van der Waals surface area contributed by atoms with Gasteiger partial charge < -0.3 is 4.90 Å². The minimum absolute atomic E-state index is 0.586. The molecule has 6 heterocycles. The predicted molar refractivity (Wildman–Crippen MR) is 149 cm³/mol. The lowest BCUT2D eigenvalue weighted by Gasteiger charge is -2.33. The first-order valence-corrected chi connectivity index (χ1v) is 13.0. The third-order valence-electron chi connectivity index (χ3n) is 8.21. The van der Waals surface area contributed by atoms with Crippen LogP contribution in [0.25, 0.3) is 50.2 Å². The van der Waals surface area contributed by atoms with E-state index in [4.69, 9.17) is 10.1 Å². The van der Waals surface area contributed by atoms with Crippen molar-refractivity contribution in [2.75, 3.05) is 25.0 Å². The molecular formula is C30H26N8. The molecule has 8 heteroatoms. The number of likely N-dealkylation sites (tertiary alicyclic amines) is 1. The van der Waals surface area contributed by atoms with Gasteiger partial charge >= 0.3 is 0 Å². The van der Waals surface area contributed by atoms with Crippen LogP contribution >= 0.6 is 0 Å². The molecule has 2 fully saturated rings. The first-order chi connectivity index (χ1) is 18.7. The minimum atomic E-state index is 0.586. The Morgan fingerprint density at radius 1 is 0.895 bits per heavy atom. The number of nitrogens with one attached hydrogen (secondary N) is 1. The molecule has 2 aliphatic heterocycles. The molecule has 2 unspecified atom stereocenters. The summed E-state index contributed by atoms with van der Waals surface area (Å²) in [4.78, 5) is 14.2. The molecule has 38 heavy (non-hydrogen) atoms. The molecule has 2 saturated heterocycles. The second-order valence-corrected chi connectivity index (χ2v) is 10.3. The monoisotopic (exact) mass is 498 g/mol. The van der Waals surface area contributed by atoms with Crippen LogP contribution in [0, 0.1) is 0 Å². The van der Waals surface area contributed by atoms with Crippen molar-refractivity contribution in [3.8, 4) is 33.6 Å². The van der Waals surface area contributed by atoms with Crippen LogP contribution in [-0.4, -0.2) is 66.9 Å². The number of benzene rings is 2. The fraction of sp³-hybridized carbons (Fsp3) is 0.200. The van der Waals surface area contributed by atoms with Gasteiger partial charge in [0.05, 0.1) is 23.0 Å².